The van der Waals surface area contributed by atoms with Crippen LogP contribution in [0.1, 0.15) is 29.6 Å². The van der Waals surface area contributed by atoms with Crippen molar-refractivity contribution in [2.24, 2.45) is 0 Å². The maximum atomic E-state index is 11.9. The third-order valence-electron chi connectivity index (χ3n) is 3.36. The molecule has 19 heavy (non-hydrogen) atoms. The Morgan fingerprint density at radius 3 is 2.79 bits per heavy atom. The summed E-state index contributed by atoms with van der Waals surface area (Å²) in [5.74, 6) is -0.191. The average molecular weight is 283 g/mol. The molecule has 5 heteroatoms. The smallest absolute Gasteiger partial charge is 0.252 e. The number of phenolic OH excluding ortho intramolecular Hbond substituents is 1. The van der Waals surface area contributed by atoms with Gasteiger partial charge in [-0.05, 0) is 44.1 Å². The lowest BCUT2D eigenvalue weighted by atomic mass is 10.1. The first-order valence-electron chi connectivity index (χ1n) is 6.66. The molecule has 0 atom stereocenters. The van der Waals surface area contributed by atoms with Gasteiger partial charge in [0.1, 0.15) is 5.75 Å². The van der Waals surface area contributed by atoms with Gasteiger partial charge in [0, 0.05) is 13.1 Å². The van der Waals surface area contributed by atoms with Gasteiger partial charge in [0.25, 0.3) is 5.91 Å². The summed E-state index contributed by atoms with van der Waals surface area (Å²) in [6, 6.07) is 4.38. The van der Waals surface area contributed by atoms with E-state index in [0.29, 0.717) is 17.1 Å². The fourth-order valence-electron chi connectivity index (χ4n) is 2.29. The van der Waals surface area contributed by atoms with Crippen LogP contribution >= 0.6 is 11.6 Å². The number of piperidine rings is 1. The number of nitrogens with zero attached hydrogens (tertiary/aromatic N) is 1. The molecule has 1 amide bonds. The summed E-state index contributed by atoms with van der Waals surface area (Å²) in [5.41, 5.74) is 0.320. The maximum Gasteiger partial charge on any atom is 0.252 e. The van der Waals surface area contributed by atoms with E-state index in [1.807, 2.05) is 0 Å². The van der Waals surface area contributed by atoms with Gasteiger partial charge < -0.3 is 15.3 Å². The topological polar surface area (TPSA) is 52.6 Å². The van der Waals surface area contributed by atoms with E-state index in [9.17, 15) is 9.90 Å². The second-order valence-corrected chi connectivity index (χ2v) is 5.23. The molecule has 1 aromatic rings. The number of nitrogens with one attached hydrogen (secondary N) is 1. The van der Waals surface area contributed by atoms with Crippen molar-refractivity contribution in [1.29, 1.82) is 0 Å². The minimum Gasteiger partial charge on any atom is -0.508 e. The number of benzene rings is 1. The fourth-order valence-corrected chi connectivity index (χ4v) is 2.50. The summed E-state index contributed by atoms with van der Waals surface area (Å²) in [7, 11) is 0. The van der Waals surface area contributed by atoms with Crippen LogP contribution in [0.5, 0.6) is 5.75 Å². The molecule has 2 N–H and O–H groups in total. The van der Waals surface area contributed by atoms with Gasteiger partial charge in [0.05, 0.1) is 10.6 Å². The minimum atomic E-state index is -0.238. The van der Waals surface area contributed by atoms with E-state index in [4.69, 9.17) is 11.6 Å². The zero-order valence-electron chi connectivity index (χ0n) is 10.9. The highest BCUT2D eigenvalue weighted by atomic mass is 35.5. The summed E-state index contributed by atoms with van der Waals surface area (Å²) in [6.45, 7) is 3.69. The molecule has 0 radical (unpaired) electrons. The summed E-state index contributed by atoms with van der Waals surface area (Å²) in [5, 5.41) is 12.6. The third kappa shape index (κ3) is 4.11. The molecule has 1 aromatic carbocycles. The number of carbonyl (C=O) groups is 1. The highest BCUT2D eigenvalue weighted by molar-refractivity contribution is 6.33. The molecule has 0 aliphatic carbocycles. The van der Waals surface area contributed by atoms with Crippen LogP contribution in [0.25, 0.3) is 0 Å². The van der Waals surface area contributed by atoms with E-state index in [-0.39, 0.29) is 11.7 Å². The first kappa shape index (κ1) is 14.2. The zero-order chi connectivity index (χ0) is 13.7. The molecular weight excluding hydrogens is 264 g/mol. The molecule has 2 rings (SSSR count). The van der Waals surface area contributed by atoms with Crippen LogP contribution in [0.2, 0.25) is 5.02 Å². The van der Waals surface area contributed by atoms with Crippen LogP contribution in [0.4, 0.5) is 0 Å². The van der Waals surface area contributed by atoms with Crippen molar-refractivity contribution in [3.8, 4) is 5.75 Å². The number of phenols is 1. The van der Waals surface area contributed by atoms with Crippen molar-refractivity contribution < 1.29 is 9.90 Å². The Labute approximate surface area is 118 Å². The van der Waals surface area contributed by atoms with Gasteiger partial charge in [0.2, 0.25) is 0 Å². The SMILES string of the molecule is O=C(NCCN1CCCCC1)c1cc(O)ccc1Cl. The number of rotatable bonds is 4. The molecule has 1 fully saturated rings. The first-order chi connectivity index (χ1) is 9.16. The molecule has 104 valence electrons. The summed E-state index contributed by atoms with van der Waals surface area (Å²) < 4.78 is 0. The quantitative estimate of drug-likeness (QED) is 0.891. The van der Waals surface area contributed by atoms with Gasteiger partial charge in [-0.2, -0.15) is 0 Å². The Hall–Kier alpha value is -1.26. The van der Waals surface area contributed by atoms with E-state index in [1.54, 1.807) is 0 Å². The Balaban J connectivity index is 1.82. The predicted molar refractivity (Wildman–Crippen MR) is 75.7 cm³/mol. The largest absolute Gasteiger partial charge is 0.508 e. The van der Waals surface area contributed by atoms with Crippen molar-refractivity contribution in [3.05, 3.63) is 28.8 Å². The molecule has 1 heterocycles. The van der Waals surface area contributed by atoms with Gasteiger partial charge in [-0.3, -0.25) is 4.79 Å². The van der Waals surface area contributed by atoms with E-state index < -0.39 is 0 Å². The lowest BCUT2D eigenvalue weighted by molar-refractivity contribution is 0.0946. The van der Waals surface area contributed by atoms with Gasteiger partial charge in [-0.15, -0.1) is 0 Å². The number of hydrogen-bond donors (Lipinski definition) is 2. The van der Waals surface area contributed by atoms with Crippen LogP contribution in [0.3, 0.4) is 0 Å². The Morgan fingerprint density at radius 2 is 2.05 bits per heavy atom. The standard InChI is InChI=1S/C14H19ClN2O2/c15-13-5-4-11(18)10-12(13)14(19)16-6-9-17-7-2-1-3-8-17/h4-5,10,18H,1-3,6-9H2,(H,16,19). The molecular formula is C14H19ClN2O2. The van der Waals surface area contributed by atoms with Gasteiger partial charge >= 0.3 is 0 Å². The number of carbonyl (C=O) groups excluding carboxylic acids is 1. The van der Waals surface area contributed by atoms with Crippen molar-refractivity contribution >= 4 is 17.5 Å². The second-order valence-electron chi connectivity index (χ2n) is 4.82. The van der Waals surface area contributed by atoms with Crippen molar-refractivity contribution in [2.45, 2.75) is 19.3 Å². The van der Waals surface area contributed by atoms with Crippen LogP contribution < -0.4 is 5.32 Å². The van der Waals surface area contributed by atoms with Gasteiger partial charge in [-0.1, -0.05) is 18.0 Å². The maximum absolute atomic E-state index is 11.9. The van der Waals surface area contributed by atoms with Crippen molar-refractivity contribution in [2.75, 3.05) is 26.2 Å². The fraction of sp³-hybridized carbons (Fsp3) is 0.500. The zero-order valence-corrected chi connectivity index (χ0v) is 11.6. The van der Waals surface area contributed by atoms with Crippen LogP contribution in [0.15, 0.2) is 18.2 Å². The molecule has 4 nitrogen and oxygen atoms in total. The molecule has 1 aliphatic heterocycles. The monoisotopic (exact) mass is 282 g/mol. The van der Waals surface area contributed by atoms with Crippen LogP contribution in [-0.4, -0.2) is 42.1 Å². The van der Waals surface area contributed by atoms with E-state index >= 15 is 0 Å². The highest BCUT2D eigenvalue weighted by Gasteiger charge is 2.13. The van der Waals surface area contributed by atoms with E-state index in [0.717, 1.165) is 19.6 Å². The van der Waals surface area contributed by atoms with Gasteiger partial charge in [0.15, 0.2) is 0 Å². The molecule has 1 aliphatic rings. The first-order valence-corrected chi connectivity index (χ1v) is 7.03. The summed E-state index contributed by atoms with van der Waals surface area (Å²) in [4.78, 5) is 14.3. The Morgan fingerprint density at radius 1 is 1.32 bits per heavy atom. The average Bonchev–Trinajstić information content (AvgIpc) is 2.42. The predicted octanol–water partition coefficient (Wildman–Crippen LogP) is 2.26. The lowest BCUT2D eigenvalue weighted by Crippen LogP contribution is -2.37. The number of aromatic hydroxyl groups is 1. The van der Waals surface area contributed by atoms with Crippen molar-refractivity contribution in [3.63, 3.8) is 0 Å². The molecule has 0 saturated carbocycles. The molecule has 0 bridgehead atoms. The van der Waals surface area contributed by atoms with Crippen LogP contribution in [-0.2, 0) is 0 Å². The molecule has 1 saturated heterocycles. The normalized spacial score (nSPS) is 16.3. The van der Waals surface area contributed by atoms with Crippen molar-refractivity contribution in [1.82, 2.24) is 10.2 Å². The van der Waals surface area contributed by atoms with Gasteiger partial charge in [-0.25, -0.2) is 0 Å². The number of hydrogen-bond acceptors (Lipinski definition) is 3. The Bertz CT molecular complexity index is 445. The number of halogens is 1. The molecule has 0 unspecified atom stereocenters. The number of amides is 1. The second kappa shape index (κ2) is 6.78. The van der Waals surface area contributed by atoms with E-state index in [2.05, 4.69) is 10.2 Å². The molecule has 0 aromatic heterocycles. The lowest BCUT2D eigenvalue weighted by Gasteiger charge is -2.26. The van der Waals surface area contributed by atoms with E-state index in [1.165, 1.54) is 37.5 Å². The number of likely N-dealkylation sites (tertiary alicyclic amines) is 1. The minimum absolute atomic E-state index is 0.0468. The highest BCUT2D eigenvalue weighted by Crippen LogP contribution is 2.20. The summed E-state index contributed by atoms with van der Waals surface area (Å²) in [6.07, 6.45) is 3.79. The molecule has 0 spiro atoms. The van der Waals surface area contributed by atoms with Crippen LogP contribution in [0, 0.1) is 0 Å². The third-order valence-corrected chi connectivity index (χ3v) is 3.69. The summed E-state index contributed by atoms with van der Waals surface area (Å²) >= 11 is 5.94. The Kier molecular flexibility index (Phi) is 5.05.